The van der Waals surface area contributed by atoms with Crippen LogP contribution in [-0.4, -0.2) is 32.9 Å². The Hall–Kier alpha value is -2.60. The van der Waals surface area contributed by atoms with Crippen LogP contribution < -0.4 is 4.74 Å². The molecule has 0 fully saturated rings. The minimum atomic E-state index is 0.224. The van der Waals surface area contributed by atoms with Crippen molar-refractivity contribution in [3.63, 3.8) is 0 Å². The van der Waals surface area contributed by atoms with Gasteiger partial charge in [-0.05, 0) is 24.6 Å². The highest BCUT2D eigenvalue weighted by molar-refractivity contribution is 8.00. The van der Waals surface area contributed by atoms with E-state index in [4.69, 9.17) is 9.84 Å². The normalized spacial score (nSPS) is 16.4. The summed E-state index contributed by atoms with van der Waals surface area (Å²) in [4.78, 5) is 0. The lowest BCUT2D eigenvalue weighted by atomic mass is 10.1. The lowest BCUT2D eigenvalue weighted by molar-refractivity contribution is 0.415. The van der Waals surface area contributed by atoms with Gasteiger partial charge in [0.15, 0.2) is 5.82 Å². The van der Waals surface area contributed by atoms with Gasteiger partial charge in [0.25, 0.3) is 0 Å². The van der Waals surface area contributed by atoms with Crippen molar-refractivity contribution in [2.45, 2.75) is 17.3 Å². The summed E-state index contributed by atoms with van der Waals surface area (Å²) in [6, 6.07) is 18.0. The van der Waals surface area contributed by atoms with E-state index < -0.39 is 0 Å². The van der Waals surface area contributed by atoms with Crippen molar-refractivity contribution in [1.82, 2.24) is 14.9 Å². The molecular formula is C18H16N4OS. The smallest absolute Gasteiger partial charge is 0.213 e. The highest BCUT2D eigenvalue weighted by Gasteiger charge is 2.26. The maximum atomic E-state index is 5.31. The van der Waals surface area contributed by atoms with Crippen molar-refractivity contribution in [2.24, 2.45) is 5.10 Å². The molecule has 0 N–H and O–H groups in total. The quantitative estimate of drug-likeness (QED) is 0.732. The highest BCUT2D eigenvalue weighted by atomic mass is 32.2. The average molecular weight is 336 g/mol. The summed E-state index contributed by atoms with van der Waals surface area (Å²) >= 11 is 1.67. The predicted octanol–water partition coefficient (Wildman–Crippen LogP) is 3.70. The Morgan fingerprint density at radius 1 is 1.00 bits per heavy atom. The van der Waals surface area contributed by atoms with E-state index in [-0.39, 0.29) is 5.25 Å². The van der Waals surface area contributed by atoms with Gasteiger partial charge >= 0.3 is 0 Å². The maximum Gasteiger partial charge on any atom is 0.213 e. The second-order valence-electron chi connectivity index (χ2n) is 5.46. The second kappa shape index (κ2) is 6.13. The first kappa shape index (κ1) is 15.0. The average Bonchev–Trinajstić information content (AvgIpc) is 3.04. The first-order valence-electron chi connectivity index (χ1n) is 7.67. The number of thioether (sulfide) groups is 1. The summed E-state index contributed by atoms with van der Waals surface area (Å²) in [5.74, 6) is 1.51. The molecule has 1 aliphatic heterocycles. The third-order valence-electron chi connectivity index (χ3n) is 3.88. The zero-order valence-electron chi connectivity index (χ0n) is 13.4. The summed E-state index contributed by atoms with van der Waals surface area (Å²) in [6.07, 6.45) is 0. The summed E-state index contributed by atoms with van der Waals surface area (Å²) in [6.45, 7) is 2.14. The molecule has 1 aromatic heterocycles. The minimum Gasteiger partial charge on any atom is -0.497 e. The third kappa shape index (κ3) is 2.59. The predicted molar refractivity (Wildman–Crippen MR) is 95.7 cm³/mol. The Morgan fingerprint density at radius 2 is 1.79 bits per heavy atom. The Labute approximate surface area is 144 Å². The molecule has 2 heterocycles. The molecule has 4 rings (SSSR count). The van der Waals surface area contributed by atoms with Gasteiger partial charge in [0.05, 0.1) is 18.1 Å². The number of rotatable bonds is 3. The zero-order chi connectivity index (χ0) is 16.5. The molecule has 3 aromatic rings. The van der Waals surface area contributed by atoms with E-state index in [0.29, 0.717) is 0 Å². The highest BCUT2D eigenvalue weighted by Crippen LogP contribution is 2.33. The van der Waals surface area contributed by atoms with Crippen molar-refractivity contribution in [2.75, 3.05) is 7.11 Å². The molecule has 0 bridgehead atoms. The van der Waals surface area contributed by atoms with Gasteiger partial charge in [0.2, 0.25) is 5.16 Å². The van der Waals surface area contributed by atoms with E-state index in [2.05, 4.69) is 29.3 Å². The van der Waals surface area contributed by atoms with Crippen molar-refractivity contribution < 1.29 is 4.74 Å². The van der Waals surface area contributed by atoms with Gasteiger partial charge < -0.3 is 4.74 Å². The largest absolute Gasteiger partial charge is 0.497 e. The lowest BCUT2D eigenvalue weighted by Gasteiger charge is -2.19. The number of fused-ring (bicyclic) bond motifs is 1. The van der Waals surface area contributed by atoms with Crippen LogP contribution in [0.2, 0.25) is 0 Å². The zero-order valence-corrected chi connectivity index (χ0v) is 14.2. The van der Waals surface area contributed by atoms with E-state index in [9.17, 15) is 0 Å². The van der Waals surface area contributed by atoms with E-state index in [1.54, 1.807) is 18.9 Å². The molecule has 0 saturated heterocycles. The van der Waals surface area contributed by atoms with Crippen LogP contribution in [0.1, 0.15) is 12.5 Å². The van der Waals surface area contributed by atoms with Gasteiger partial charge in [-0.25, -0.2) is 0 Å². The molecule has 2 aromatic carbocycles. The molecule has 1 aliphatic rings. The molecular weight excluding hydrogens is 320 g/mol. The molecule has 120 valence electrons. The molecule has 0 saturated carbocycles. The Morgan fingerprint density at radius 3 is 2.58 bits per heavy atom. The van der Waals surface area contributed by atoms with Crippen LogP contribution in [0.3, 0.4) is 0 Å². The van der Waals surface area contributed by atoms with Crippen LogP contribution in [-0.2, 0) is 0 Å². The third-order valence-corrected chi connectivity index (χ3v) is 4.93. The van der Waals surface area contributed by atoms with Gasteiger partial charge in [0, 0.05) is 5.56 Å². The van der Waals surface area contributed by atoms with Crippen LogP contribution in [0.5, 0.6) is 5.75 Å². The van der Waals surface area contributed by atoms with Crippen LogP contribution in [0, 0.1) is 0 Å². The molecule has 1 atom stereocenters. The van der Waals surface area contributed by atoms with E-state index >= 15 is 0 Å². The molecule has 0 radical (unpaired) electrons. The summed E-state index contributed by atoms with van der Waals surface area (Å²) in [5.41, 5.74) is 3.07. The van der Waals surface area contributed by atoms with Crippen molar-refractivity contribution in [3.05, 3.63) is 60.2 Å². The Balaban J connectivity index is 1.82. The lowest BCUT2D eigenvalue weighted by Crippen LogP contribution is -2.21. The Kier molecular flexibility index (Phi) is 3.82. The molecule has 0 unspecified atom stereocenters. The van der Waals surface area contributed by atoms with Gasteiger partial charge in [-0.15, -0.1) is 10.2 Å². The number of nitrogens with zero attached hydrogens (tertiary/aromatic N) is 4. The summed E-state index contributed by atoms with van der Waals surface area (Å²) < 4.78 is 7.13. The van der Waals surface area contributed by atoms with Crippen molar-refractivity contribution >= 4 is 17.5 Å². The number of ether oxygens (including phenoxy) is 1. The van der Waals surface area contributed by atoms with E-state index in [1.165, 1.54) is 0 Å². The van der Waals surface area contributed by atoms with E-state index in [1.807, 2.05) is 47.1 Å². The van der Waals surface area contributed by atoms with Crippen molar-refractivity contribution in [1.29, 1.82) is 0 Å². The number of aromatic nitrogens is 3. The van der Waals surface area contributed by atoms with Gasteiger partial charge in [-0.1, -0.05) is 54.2 Å². The first-order chi connectivity index (χ1) is 11.8. The fraction of sp³-hybridized carbons (Fsp3) is 0.167. The van der Waals surface area contributed by atoms with Gasteiger partial charge in [-0.3, -0.25) is 0 Å². The van der Waals surface area contributed by atoms with Crippen LogP contribution >= 0.6 is 11.8 Å². The minimum absolute atomic E-state index is 0.224. The molecule has 24 heavy (non-hydrogen) atoms. The standard InChI is InChI=1S/C18H16N4OS/c1-12-16(13-7-4-3-5-8-13)21-22-17(19-20-18(22)24-12)14-9-6-10-15(11-14)23-2/h3-12H,1-2H3/t12-/m0/s1. The van der Waals surface area contributed by atoms with Crippen LogP contribution in [0.4, 0.5) is 0 Å². The second-order valence-corrected chi connectivity index (χ2v) is 6.77. The van der Waals surface area contributed by atoms with Crippen LogP contribution in [0.25, 0.3) is 11.4 Å². The van der Waals surface area contributed by atoms with Gasteiger partial charge in [-0.2, -0.15) is 9.78 Å². The van der Waals surface area contributed by atoms with Gasteiger partial charge in [0.1, 0.15) is 5.75 Å². The summed E-state index contributed by atoms with van der Waals surface area (Å²) in [7, 11) is 1.65. The molecule has 0 amide bonds. The first-order valence-corrected chi connectivity index (χ1v) is 8.55. The van der Waals surface area contributed by atoms with Crippen molar-refractivity contribution in [3.8, 4) is 17.1 Å². The monoisotopic (exact) mass is 336 g/mol. The number of hydrogen-bond acceptors (Lipinski definition) is 5. The topological polar surface area (TPSA) is 52.3 Å². The fourth-order valence-corrected chi connectivity index (χ4v) is 3.60. The number of methoxy groups -OCH3 is 1. The maximum absolute atomic E-state index is 5.31. The number of hydrogen-bond donors (Lipinski definition) is 0. The molecule has 0 spiro atoms. The van der Waals surface area contributed by atoms with E-state index in [0.717, 1.165) is 33.6 Å². The molecule has 5 nitrogen and oxygen atoms in total. The molecule has 0 aliphatic carbocycles. The molecule has 6 heteroatoms. The Bertz CT molecular complexity index is 904. The number of benzene rings is 2. The SMILES string of the molecule is COc1cccc(-c2nnc3n2N=C(c2ccccc2)[C@H](C)S3)c1. The van der Waals surface area contributed by atoms with Crippen LogP contribution in [0.15, 0.2) is 64.9 Å². The summed E-state index contributed by atoms with van der Waals surface area (Å²) in [5, 5.41) is 14.5. The fourth-order valence-electron chi connectivity index (χ4n) is 2.68.